The fraction of sp³-hybridized carbons (Fsp3) is 0.529. The summed E-state index contributed by atoms with van der Waals surface area (Å²) in [6.07, 6.45) is 0. The van der Waals surface area contributed by atoms with Gasteiger partial charge in [0.05, 0.1) is 24.5 Å². The molecular weight excluding hydrogens is 313 g/mol. The van der Waals surface area contributed by atoms with Crippen LogP contribution in [0.2, 0.25) is 0 Å². The highest BCUT2D eigenvalue weighted by Gasteiger charge is 2.28. The number of carbonyl (C=O) groups excluding carboxylic acids is 2. The Bertz CT molecular complexity index is 624. The van der Waals surface area contributed by atoms with Gasteiger partial charge in [-0.2, -0.15) is 0 Å². The van der Waals surface area contributed by atoms with Crippen LogP contribution in [-0.4, -0.2) is 74.1 Å². The molecule has 0 aromatic heterocycles. The number of halogens is 1. The Balaban J connectivity index is 1.66. The fourth-order valence-corrected chi connectivity index (χ4v) is 3.22. The number of benzene rings is 1. The number of hydrogen-bond donors (Lipinski definition) is 0. The number of piperazine rings is 1. The predicted octanol–water partition coefficient (Wildman–Crippen LogP) is 1.60. The summed E-state index contributed by atoms with van der Waals surface area (Å²) in [6.45, 7) is 6.07. The van der Waals surface area contributed by atoms with Gasteiger partial charge < -0.3 is 19.4 Å². The first kappa shape index (κ1) is 16.7. The fourth-order valence-electron chi connectivity index (χ4n) is 3.22. The number of ether oxygens (including phenoxy) is 1. The van der Waals surface area contributed by atoms with E-state index in [2.05, 4.69) is 0 Å². The third-order valence-electron chi connectivity index (χ3n) is 4.52. The van der Waals surface area contributed by atoms with Crippen LogP contribution >= 0.6 is 0 Å². The molecule has 3 rings (SSSR count). The molecule has 0 N–H and O–H groups in total. The van der Waals surface area contributed by atoms with Crippen molar-refractivity contribution < 1.29 is 18.7 Å². The molecule has 0 unspecified atom stereocenters. The Labute approximate surface area is 140 Å². The smallest absolute Gasteiger partial charge is 0.320 e. The van der Waals surface area contributed by atoms with Crippen LogP contribution in [0.15, 0.2) is 18.2 Å². The van der Waals surface area contributed by atoms with E-state index < -0.39 is 5.82 Å². The molecule has 0 bridgehead atoms. The van der Waals surface area contributed by atoms with Gasteiger partial charge in [-0.25, -0.2) is 9.18 Å². The van der Waals surface area contributed by atoms with Crippen molar-refractivity contribution in [3.63, 3.8) is 0 Å². The van der Waals surface area contributed by atoms with Crippen molar-refractivity contribution in [1.82, 2.24) is 9.80 Å². The average molecular weight is 335 g/mol. The molecule has 1 aromatic rings. The normalized spacial score (nSPS) is 18.7. The topological polar surface area (TPSA) is 53.1 Å². The van der Waals surface area contributed by atoms with E-state index in [1.54, 1.807) is 12.1 Å². The number of ketones is 1. The molecule has 0 aliphatic carbocycles. The number of amides is 2. The molecule has 2 amide bonds. The SMILES string of the molecule is CC(=O)c1c(F)cccc1N1CCN(C(=O)N2CCOCC2)CC1. The molecule has 0 saturated carbocycles. The van der Waals surface area contributed by atoms with Crippen LogP contribution in [0, 0.1) is 5.82 Å². The largest absolute Gasteiger partial charge is 0.378 e. The number of hydrogen-bond acceptors (Lipinski definition) is 4. The lowest BCUT2D eigenvalue weighted by Crippen LogP contribution is -2.55. The van der Waals surface area contributed by atoms with Gasteiger partial charge in [0.2, 0.25) is 0 Å². The zero-order chi connectivity index (χ0) is 17.1. The molecule has 130 valence electrons. The van der Waals surface area contributed by atoms with Gasteiger partial charge in [-0.15, -0.1) is 0 Å². The van der Waals surface area contributed by atoms with Crippen LogP contribution in [0.1, 0.15) is 17.3 Å². The molecule has 2 aliphatic heterocycles. The highest BCUT2D eigenvalue weighted by atomic mass is 19.1. The minimum atomic E-state index is -0.494. The number of rotatable bonds is 2. The van der Waals surface area contributed by atoms with Crippen LogP contribution in [0.25, 0.3) is 0 Å². The van der Waals surface area contributed by atoms with E-state index in [9.17, 15) is 14.0 Å². The van der Waals surface area contributed by atoms with Crippen molar-refractivity contribution in [1.29, 1.82) is 0 Å². The molecule has 0 atom stereocenters. The lowest BCUT2D eigenvalue weighted by Gasteiger charge is -2.39. The Morgan fingerprint density at radius 2 is 1.62 bits per heavy atom. The molecule has 2 heterocycles. The lowest BCUT2D eigenvalue weighted by molar-refractivity contribution is 0.0428. The van der Waals surface area contributed by atoms with Crippen LogP contribution in [-0.2, 0) is 4.74 Å². The molecule has 0 radical (unpaired) electrons. The van der Waals surface area contributed by atoms with Crippen molar-refractivity contribution in [3.8, 4) is 0 Å². The van der Waals surface area contributed by atoms with Gasteiger partial charge in [0, 0.05) is 39.3 Å². The average Bonchev–Trinajstić information content (AvgIpc) is 2.61. The van der Waals surface area contributed by atoms with Gasteiger partial charge in [0.15, 0.2) is 5.78 Å². The summed E-state index contributed by atoms with van der Waals surface area (Å²) in [7, 11) is 0. The maximum absolute atomic E-state index is 14.0. The first-order chi connectivity index (χ1) is 11.6. The van der Waals surface area contributed by atoms with E-state index in [0.29, 0.717) is 58.2 Å². The first-order valence-electron chi connectivity index (χ1n) is 8.24. The maximum atomic E-state index is 14.0. The van der Waals surface area contributed by atoms with E-state index in [1.165, 1.54) is 13.0 Å². The highest BCUT2D eigenvalue weighted by molar-refractivity contribution is 6.00. The third kappa shape index (κ3) is 3.36. The van der Waals surface area contributed by atoms with Crippen LogP contribution < -0.4 is 4.90 Å². The van der Waals surface area contributed by atoms with Crippen LogP contribution in [0.4, 0.5) is 14.9 Å². The van der Waals surface area contributed by atoms with Crippen LogP contribution in [0.3, 0.4) is 0 Å². The summed E-state index contributed by atoms with van der Waals surface area (Å²) >= 11 is 0. The van der Waals surface area contributed by atoms with E-state index in [1.807, 2.05) is 14.7 Å². The minimum Gasteiger partial charge on any atom is -0.378 e. The summed E-state index contributed by atoms with van der Waals surface area (Å²) in [6, 6.07) is 4.71. The summed E-state index contributed by atoms with van der Waals surface area (Å²) in [5, 5.41) is 0. The number of anilines is 1. The van der Waals surface area contributed by atoms with Gasteiger partial charge in [-0.05, 0) is 19.1 Å². The second kappa shape index (κ2) is 7.17. The zero-order valence-corrected chi connectivity index (χ0v) is 13.8. The van der Waals surface area contributed by atoms with E-state index in [-0.39, 0.29) is 17.4 Å². The van der Waals surface area contributed by atoms with Crippen molar-refractivity contribution in [3.05, 3.63) is 29.6 Å². The first-order valence-corrected chi connectivity index (χ1v) is 8.24. The Morgan fingerprint density at radius 1 is 1.00 bits per heavy atom. The Hall–Kier alpha value is -2.15. The van der Waals surface area contributed by atoms with E-state index in [4.69, 9.17) is 4.74 Å². The summed E-state index contributed by atoms with van der Waals surface area (Å²) in [5.41, 5.74) is 0.742. The highest BCUT2D eigenvalue weighted by Crippen LogP contribution is 2.25. The van der Waals surface area contributed by atoms with Gasteiger partial charge >= 0.3 is 6.03 Å². The number of morpholine rings is 1. The molecule has 7 heteroatoms. The third-order valence-corrected chi connectivity index (χ3v) is 4.52. The molecule has 2 fully saturated rings. The van der Waals surface area contributed by atoms with Crippen molar-refractivity contribution in [2.45, 2.75) is 6.92 Å². The molecule has 6 nitrogen and oxygen atoms in total. The van der Waals surface area contributed by atoms with Gasteiger partial charge in [0.25, 0.3) is 0 Å². The quantitative estimate of drug-likeness (QED) is 0.771. The Morgan fingerprint density at radius 3 is 2.25 bits per heavy atom. The van der Waals surface area contributed by atoms with Crippen molar-refractivity contribution >= 4 is 17.5 Å². The number of nitrogens with zero attached hydrogens (tertiary/aromatic N) is 3. The molecule has 2 aliphatic rings. The van der Waals surface area contributed by atoms with Crippen molar-refractivity contribution in [2.75, 3.05) is 57.4 Å². The molecular formula is C17H22FN3O3. The standard InChI is InChI=1S/C17H22FN3O3/c1-13(22)16-14(18)3-2-4-15(16)19-5-7-20(8-6-19)17(23)21-9-11-24-12-10-21/h2-4H,5-12H2,1H3. The molecule has 2 saturated heterocycles. The second-order valence-corrected chi connectivity index (χ2v) is 6.05. The molecule has 1 aromatic carbocycles. The van der Waals surface area contributed by atoms with Crippen LogP contribution in [0.5, 0.6) is 0 Å². The number of carbonyl (C=O) groups is 2. The maximum Gasteiger partial charge on any atom is 0.320 e. The zero-order valence-electron chi connectivity index (χ0n) is 13.8. The number of urea groups is 1. The van der Waals surface area contributed by atoms with E-state index >= 15 is 0 Å². The lowest BCUT2D eigenvalue weighted by atomic mass is 10.1. The van der Waals surface area contributed by atoms with Gasteiger partial charge in [-0.3, -0.25) is 4.79 Å². The molecule has 24 heavy (non-hydrogen) atoms. The second-order valence-electron chi connectivity index (χ2n) is 6.05. The monoisotopic (exact) mass is 335 g/mol. The summed E-state index contributed by atoms with van der Waals surface area (Å²) in [5.74, 6) is -0.776. The van der Waals surface area contributed by atoms with Gasteiger partial charge in [0.1, 0.15) is 5.82 Å². The summed E-state index contributed by atoms with van der Waals surface area (Å²) in [4.78, 5) is 29.8. The van der Waals surface area contributed by atoms with Gasteiger partial charge in [-0.1, -0.05) is 6.07 Å². The Kier molecular flexibility index (Phi) is 4.99. The van der Waals surface area contributed by atoms with E-state index in [0.717, 1.165) is 0 Å². The minimum absolute atomic E-state index is 0.0315. The summed E-state index contributed by atoms with van der Waals surface area (Å²) < 4.78 is 19.2. The predicted molar refractivity (Wildman–Crippen MR) is 88.0 cm³/mol. The number of Topliss-reactive ketones (excluding diaryl/α,β-unsaturated/α-hetero) is 1. The molecule has 0 spiro atoms. The van der Waals surface area contributed by atoms with Crippen molar-refractivity contribution in [2.24, 2.45) is 0 Å².